The maximum absolute atomic E-state index is 12.8. The van der Waals surface area contributed by atoms with Crippen LogP contribution in [0.3, 0.4) is 0 Å². The summed E-state index contributed by atoms with van der Waals surface area (Å²) in [7, 11) is 1.58. The number of halogens is 4. The van der Waals surface area contributed by atoms with E-state index in [1.54, 1.807) is 7.05 Å². The van der Waals surface area contributed by atoms with Crippen LogP contribution >= 0.6 is 11.6 Å². The lowest BCUT2D eigenvalue weighted by atomic mass is 10.1. The molecule has 0 atom stereocenters. The number of fused-ring (bicyclic) bond motifs is 1. The van der Waals surface area contributed by atoms with E-state index in [0.717, 1.165) is 10.6 Å². The maximum Gasteiger partial charge on any atom is 0.418 e. The molecule has 0 radical (unpaired) electrons. The number of para-hydroxylation sites is 1. The standard InChI is InChI=1S/C11H9ClF3N3O/c1-16-5-18-9(19)6-3-2-4-7(11(13,14)15)8(6)17-10(18)12/h2-4,16H,5H2,1H3. The van der Waals surface area contributed by atoms with Crippen LogP contribution in [0, 0.1) is 0 Å². The summed E-state index contributed by atoms with van der Waals surface area (Å²) < 4.78 is 39.5. The molecule has 0 aliphatic carbocycles. The largest absolute Gasteiger partial charge is 0.418 e. The molecular weight excluding hydrogens is 283 g/mol. The number of alkyl halides is 3. The fourth-order valence-corrected chi connectivity index (χ4v) is 1.96. The van der Waals surface area contributed by atoms with E-state index in [4.69, 9.17) is 11.6 Å². The molecule has 2 rings (SSSR count). The van der Waals surface area contributed by atoms with Gasteiger partial charge >= 0.3 is 6.18 Å². The van der Waals surface area contributed by atoms with Crippen molar-refractivity contribution >= 4 is 22.5 Å². The van der Waals surface area contributed by atoms with Crippen molar-refractivity contribution in [3.63, 3.8) is 0 Å². The molecule has 1 N–H and O–H groups in total. The molecule has 4 nitrogen and oxygen atoms in total. The minimum absolute atomic E-state index is 0.0663. The quantitative estimate of drug-likeness (QED) is 0.863. The van der Waals surface area contributed by atoms with E-state index in [1.165, 1.54) is 12.1 Å². The van der Waals surface area contributed by atoms with E-state index < -0.39 is 22.8 Å². The number of nitrogens with one attached hydrogen (secondary N) is 1. The third-order valence-corrected chi connectivity index (χ3v) is 2.85. The van der Waals surface area contributed by atoms with E-state index in [0.29, 0.717) is 0 Å². The summed E-state index contributed by atoms with van der Waals surface area (Å²) in [6, 6.07) is 3.34. The van der Waals surface area contributed by atoms with Crippen molar-refractivity contribution in [1.29, 1.82) is 0 Å². The van der Waals surface area contributed by atoms with Crippen LogP contribution in [0.5, 0.6) is 0 Å². The van der Waals surface area contributed by atoms with E-state index in [-0.39, 0.29) is 17.3 Å². The molecule has 0 amide bonds. The van der Waals surface area contributed by atoms with Crippen LogP contribution in [0.1, 0.15) is 5.56 Å². The summed E-state index contributed by atoms with van der Waals surface area (Å²) in [6.45, 7) is 0.0663. The van der Waals surface area contributed by atoms with Crippen LogP contribution in [-0.4, -0.2) is 16.6 Å². The van der Waals surface area contributed by atoms with Crippen molar-refractivity contribution in [2.45, 2.75) is 12.8 Å². The van der Waals surface area contributed by atoms with Gasteiger partial charge in [-0.2, -0.15) is 13.2 Å². The number of benzene rings is 1. The molecule has 8 heteroatoms. The summed E-state index contributed by atoms with van der Waals surface area (Å²) in [5.41, 5.74) is -2.02. The van der Waals surface area contributed by atoms with Gasteiger partial charge in [-0.1, -0.05) is 6.07 Å². The van der Waals surface area contributed by atoms with Gasteiger partial charge in [-0.3, -0.25) is 9.36 Å². The van der Waals surface area contributed by atoms with Gasteiger partial charge in [0, 0.05) is 0 Å². The molecule has 1 heterocycles. The Morgan fingerprint density at radius 2 is 2.11 bits per heavy atom. The lowest BCUT2D eigenvalue weighted by Crippen LogP contribution is -2.28. The van der Waals surface area contributed by atoms with Gasteiger partial charge in [0.2, 0.25) is 5.28 Å². The zero-order valence-electron chi connectivity index (χ0n) is 9.75. The zero-order valence-corrected chi connectivity index (χ0v) is 10.5. The summed E-state index contributed by atoms with van der Waals surface area (Å²) in [4.78, 5) is 15.7. The Balaban J connectivity index is 2.84. The lowest BCUT2D eigenvalue weighted by Gasteiger charge is -2.12. The predicted molar refractivity (Wildman–Crippen MR) is 65.1 cm³/mol. The summed E-state index contributed by atoms with van der Waals surface area (Å²) >= 11 is 5.75. The Hall–Kier alpha value is -1.60. The highest BCUT2D eigenvalue weighted by atomic mass is 35.5. The van der Waals surface area contributed by atoms with Crippen LogP contribution in [0.2, 0.25) is 5.28 Å². The molecule has 102 valence electrons. The van der Waals surface area contributed by atoms with E-state index in [1.807, 2.05) is 0 Å². The highest BCUT2D eigenvalue weighted by Gasteiger charge is 2.33. The first-order valence-corrected chi connectivity index (χ1v) is 5.65. The fourth-order valence-electron chi connectivity index (χ4n) is 1.74. The van der Waals surface area contributed by atoms with Gasteiger partial charge in [0.25, 0.3) is 5.56 Å². The topological polar surface area (TPSA) is 46.9 Å². The number of hydrogen-bond acceptors (Lipinski definition) is 3. The molecule has 0 spiro atoms. The smallest absolute Gasteiger partial charge is 0.302 e. The second kappa shape index (κ2) is 4.82. The molecule has 0 saturated carbocycles. The monoisotopic (exact) mass is 291 g/mol. The predicted octanol–water partition coefficient (Wildman–Crippen LogP) is 2.25. The van der Waals surface area contributed by atoms with Crippen LogP contribution in [0.25, 0.3) is 10.9 Å². The van der Waals surface area contributed by atoms with E-state index in [2.05, 4.69) is 10.3 Å². The first kappa shape index (κ1) is 13.8. The first-order chi connectivity index (χ1) is 8.86. The molecule has 0 aliphatic heterocycles. The SMILES string of the molecule is CNCn1c(Cl)nc2c(C(F)(F)F)cccc2c1=O. The Labute approximate surface area is 110 Å². The Morgan fingerprint density at radius 1 is 1.42 bits per heavy atom. The third kappa shape index (κ3) is 2.43. The lowest BCUT2D eigenvalue weighted by molar-refractivity contribution is -0.136. The Kier molecular flexibility index (Phi) is 3.51. The maximum atomic E-state index is 12.8. The average molecular weight is 292 g/mol. The molecule has 0 bridgehead atoms. The third-order valence-electron chi connectivity index (χ3n) is 2.56. The highest BCUT2D eigenvalue weighted by Crippen LogP contribution is 2.33. The molecule has 0 aliphatic rings. The van der Waals surface area contributed by atoms with Crippen LogP contribution in [0.4, 0.5) is 13.2 Å². The highest BCUT2D eigenvalue weighted by molar-refractivity contribution is 6.28. The number of nitrogens with zero attached hydrogens (tertiary/aromatic N) is 2. The van der Waals surface area contributed by atoms with Gasteiger partial charge in [-0.15, -0.1) is 0 Å². The zero-order chi connectivity index (χ0) is 14.2. The molecule has 0 fully saturated rings. The minimum Gasteiger partial charge on any atom is -0.302 e. The molecule has 1 aromatic heterocycles. The number of rotatable bonds is 2. The molecule has 0 unspecified atom stereocenters. The Morgan fingerprint density at radius 3 is 2.68 bits per heavy atom. The Bertz CT molecular complexity index is 681. The molecular formula is C11H9ClF3N3O. The summed E-state index contributed by atoms with van der Waals surface area (Å²) in [6.07, 6.45) is -4.59. The van der Waals surface area contributed by atoms with Crippen molar-refractivity contribution in [2.75, 3.05) is 7.05 Å². The summed E-state index contributed by atoms with van der Waals surface area (Å²) in [5.74, 6) is 0. The number of hydrogen-bond donors (Lipinski definition) is 1. The normalized spacial score (nSPS) is 12.1. The average Bonchev–Trinajstić information content (AvgIpc) is 2.32. The van der Waals surface area contributed by atoms with Crippen molar-refractivity contribution in [1.82, 2.24) is 14.9 Å². The van der Waals surface area contributed by atoms with Crippen molar-refractivity contribution in [2.24, 2.45) is 0 Å². The second-order valence-electron chi connectivity index (χ2n) is 3.83. The molecule has 19 heavy (non-hydrogen) atoms. The first-order valence-electron chi connectivity index (χ1n) is 5.27. The van der Waals surface area contributed by atoms with Gasteiger partial charge in [-0.05, 0) is 30.8 Å². The van der Waals surface area contributed by atoms with Gasteiger partial charge < -0.3 is 5.32 Å². The number of aromatic nitrogens is 2. The van der Waals surface area contributed by atoms with Crippen LogP contribution in [0.15, 0.2) is 23.0 Å². The van der Waals surface area contributed by atoms with E-state index in [9.17, 15) is 18.0 Å². The molecule has 1 aromatic carbocycles. The second-order valence-corrected chi connectivity index (χ2v) is 4.16. The minimum atomic E-state index is -4.59. The van der Waals surface area contributed by atoms with Gasteiger partial charge in [0.1, 0.15) is 0 Å². The van der Waals surface area contributed by atoms with Gasteiger partial charge in [0.15, 0.2) is 0 Å². The van der Waals surface area contributed by atoms with Crippen molar-refractivity contribution < 1.29 is 13.2 Å². The molecule has 2 aromatic rings. The van der Waals surface area contributed by atoms with E-state index >= 15 is 0 Å². The van der Waals surface area contributed by atoms with Crippen molar-refractivity contribution in [3.05, 3.63) is 39.4 Å². The van der Waals surface area contributed by atoms with Crippen LogP contribution in [-0.2, 0) is 12.8 Å². The van der Waals surface area contributed by atoms with Gasteiger partial charge in [0.05, 0.1) is 23.1 Å². The van der Waals surface area contributed by atoms with Crippen LogP contribution < -0.4 is 10.9 Å². The van der Waals surface area contributed by atoms with Gasteiger partial charge in [-0.25, -0.2) is 4.98 Å². The van der Waals surface area contributed by atoms with Crippen molar-refractivity contribution in [3.8, 4) is 0 Å². The molecule has 0 saturated heterocycles. The summed E-state index contributed by atoms with van der Waals surface area (Å²) in [5, 5.41) is 2.29. The fraction of sp³-hybridized carbons (Fsp3) is 0.273.